The minimum Gasteiger partial charge on any atom is -0.345 e. The fourth-order valence-corrected chi connectivity index (χ4v) is 4.19. The molecule has 1 fully saturated rings. The Balaban J connectivity index is 2.02. The second-order valence-electron chi connectivity index (χ2n) is 6.62. The lowest BCUT2D eigenvalue weighted by atomic mass is 10.1. The van der Waals surface area contributed by atoms with E-state index < -0.39 is 15.7 Å². The Morgan fingerprint density at radius 2 is 1.96 bits per heavy atom. The van der Waals surface area contributed by atoms with Gasteiger partial charge in [-0.1, -0.05) is 28.1 Å². The van der Waals surface area contributed by atoms with Gasteiger partial charge in [0.05, 0.1) is 28.5 Å². The molecular weight excluding hydrogens is 422 g/mol. The zero-order chi connectivity index (χ0) is 18.0. The van der Waals surface area contributed by atoms with Crippen LogP contribution in [0, 0.1) is 0 Å². The molecule has 0 saturated carbocycles. The van der Waals surface area contributed by atoms with Crippen LogP contribution in [0.15, 0.2) is 44.6 Å². The lowest BCUT2D eigenvalue weighted by Gasteiger charge is -2.15. The summed E-state index contributed by atoms with van der Waals surface area (Å²) in [5.41, 5.74) is 2.56. The first kappa shape index (κ1) is 18.9. The van der Waals surface area contributed by atoms with Crippen molar-refractivity contribution < 1.29 is 13.7 Å². The number of ether oxygens (including phenoxy) is 2. The van der Waals surface area contributed by atoms with E-state index in [4.69, 9.17) is 9.47 Å². The Morgan fingerprint density at radius 1 is 1.24 bits per heavy atom. The molecule has 0 unspecified atom stereocenters. The molecule has 1 saturated heterocycles. The summed E-state index contributed by atoms with van der Waals surface area (Å²) in [5.74, 6) is 0. The van der Waals surface area contributed by atoms with Gasteiger partial charge in [-0.15, -0.1) is 11.3 Å². The van der Waals surface area contributed by atoms with E-state index in [9.17, 15) is 4.21 Å². The molecule has 7 heteroatoms. The Bertz CT molecular complexity index is 805. The van der Waals surface area contributed by atoms with Crippen molar-refractivity contribution in [2.45, 2.75) is 31.8 Å². The SMILES string of the molecule is CC(C)(C)[S@](=O)N=C(c1cccc(Br)c1)c1csc(C2OCCO2)c1. The Kier molecular flexibility index (Phi) is 5.90. The maximum absolute atomic E-state index is 12.6. The largest absolute Gasteiger partial charge is 0.345 e. The molecule has 1 aliphatic heterocycles. The smallest absolute Gasteiger partial charge is 0.193 e. The van der Waals surface area contributed by atoms with Crippen LogP contribution < -0.4 is 0 Å². The molecular formula is C18H20BrNO3S2. The third kappa shape index (κ3) is 4.65. The van der Waals surface area contributed by atoms with Crippen LogP contribution in [0.25, 0.3) is 0 Å². The molecule has 4 nitrogen and oxygen atoms in total. The summed E-state index contributed by atoms with van der Waals surface area (Å²) in [6.45, 7) is 6.98. The van der Waals surface area contributed by atoms with E-state index in [1.54, 1.807) is 11.3 Å². The fourth-order valence-electron chi connectivity index (χ4n) is 2.25. The van der Waals surface area contributed by atoms with Gasteiger partial charge in [-0.3, -0.25) is 0 Å². The third-order valence-electron chi connectivity index (χ3n) is 3.54. The lowest BCUT2D eigenvalue weighted by molar-refractivity contribution is -0.0413. The molecule has 0 radical (unpaired) electrons. The molecule has 3 rings (SSSR count). The van der Waals surface area contributed by atoms with Crippen LogP contribution in [-0.4, -0.2) is 27.9 Å². The van der Waals surface area contributed by atoms with Crippen molar-refractivity contribution in [2.24, 2.45) is 4.40 Å². The van der Waals surface area contributed by atoms with Gasteiger partial charge in [0.15, 0.2) is 6.29 Å². The van der Waals surface area contributed by atoms with Crippen molar-refractivity contribution in [3.05, 3.63) is 56.2 Å². The Hall–Kier alpha value is -0.860. The molecule has 0 amide bonds. The number of hydrogen-bond donors (Lipinski definition) is 0. The van der Waals surface area contributed by atoms with Gasteiger partial charge in [-0.05, 0) is 39.0 Å². The molecule has 1 atom stereocenters. The van der Waals surface area contributed by atoms with Gasteiger partial charge < -0.3 is 9.47 Å². The van der Waals surface area contributed by atoms with Gasteiger partial charge in [0.1, 0.15) is 11.0 Å². The molecule has 0 bridgehead atoms. The average Bonchev–Trinajstić information content (AvgIpc) is 3.22. The Morgan fingerprint density at radius 3 is 2.60 bits per heavy atom. The first-order valence-corrected chi connectivity index (χ1v) is 10.7. The molecule has 2 heterocycles. The number of halogens is 1. The molecule has 0 N–H and O–H groups in total. The van der Waals surface area contributed by atoms with Crippen LogP contribution in [0.1, 0.15) is 43.1 Å². The second-order valence-corrected chi connectivity index (χ2v) is 10.4. The standard InChI is InChI=1S/C18H20BrNO3S2/c1-18(2,3)25(21)20-16(12-5-4-6-14(19)9-12)13-10-15(24-11-13)17-22-7-8-23-17/h4-6,9-11,17H,7-8H2,1-3H3/t25-/m0/s1. The molecule has 2 aromatic rings. The van der Waals surface area contributed by atoms with Gasteiger partial charge >= 0.3 is 0 Å². The van der Waals surface area contributed by atoms with Crippen molar-refractivity contribution in [1.29, 1.82) is 0 Å². The minimum atomic E-state index is -1.35. The molecule has 0 spiro atoms. The first-order chi connectivity index (χ1) is 11.8. The monoisotopic (exact) mass is 441 g/mol. The predicted molar refractivity (Wildman–Crippen MR) is 107 cm³/mol. The first-order valence-electron chi connectivity index (χ1n) is 7.93. The highest BCUT2D eigenvalue weighted by Crippen LogP contribution is 2.31. The van der Waals surface area contributed by atoms with Crippen LogP contribution >= 0.6 is 27.3 Å². The molecule has 0 aliphatic carbocycles. The van der Waals surface area contributed by atoms with Crippen molar-refractivity contribution >= 4 is 44.0 Å². The van der Waals surface area contributed by atoms with Gasteiger partial charge in [0.25, 0.3) is 0 Å². The lowest BCUT2D eigenvalue weighted by Crippen LogP contribution is -2.21. The summed E-state index contributed by atoms with van der Waals surface area (Å²) in [5, 5.41) is 2.01. The van der Waals surface area contributed by atoms with Crippen LogP contribution in [0.2, 0.25) is 0 Å². The van der Waals surface area contributed by atoms with E-state index in [1.807, 2.05) is 56.5 Å². The highest BCUT2D eigenvalue weighted by atomic mass is 79.9. The van der Waals surface area contributed by atoms with E-state index in [2.05, 4.69) is 20.3 Å². The van der Waals surface area contributed by atoms with E-state index in [0.29, 0.717) is 13.2 Å². The van der Waals surface area contributed by atoms with Crippen LogP contribution in [0.3, 0.4) is 0 Å². The molecule has 1 aliphatic rings. The summed E-state index contributed by atoms with van der Waals surface area (Å²) in [4.78, 5) is 0.997. The number of hydrogen-bond acceptors (Lipinski definition) is 4. The quantitative estimate of drug-likeness (QED) is 0.636. The summed E-state index contributed by atoms with van der Waals surface area (Å²) >= 11 is 5.07. The maximum atomic E-state index is 12.6. The van der Waals surface area contributed by atoms with Crippen LogP contribution in [0.5, 0.6) is 0 Å². The second kappa shape index (κ2) is 7.80. The predicted octanol–water partition coefficient (Wildman–Crippen LogP) is 4.86. The number of rotatable bonds is 4. The summed E-state index contributed by atoms with van der Waals surface area (Å²) in [6.07, 6.45) is -0.310. The number of nitrogens with zero attached hydrogens (tertiary/aromatic N) is 1. The molecule has 1 aromatic carbocycles. The summed E-state index contributed by atoms with van der Waals surface area (Å²) in [7, 11) is -1.35. The van der Waals surface area contributed by atoms with E-state index in [0.717, 1.165) is 26.2 Å². The zero-order valence-corrected chi connectivity index (χ0v) is 17.5. The number of thiophene rings is 1. The van der Waals surface area contributed by atoms with Gasteiger partial charge in [-0.25, -0.2) is 4.21 Å². The van der Waals surface area contributed by atoms with Gasteiger partial charge in [0.2, 0.25) is 0 Å². The average molecular weight is 442 g/mol. The van der Waals surface area contributed by atoms with Crippen molar-refractivity contribution in [1.82, 2.24) is 0 Å². The van der Waals surface area contributed by atoms with Crippen LogP contribution in [0.4, 0.5) is 0 Å². The highest BCUT2D eigenvalue weighted by molar-refractivity contribution is 9.10. The van der Waals surface area contributed by atoms with Crippen molar-refractivity contribution in [2.75, 3.05) is 13.2 Å². The third-order valence-corrected chi connectivity index (χ3v) is 6.39. The topological polar surface area (TPSA) is 47.9 Å². The molecule has 134 valence electrons. The molecule has 1 aromatic heterocycles. The normalized spacial score (nSPS) is 17.8. The van der Waals surface area contributed by atoms with Crippen molar-refractivity contribution in [3.8, 4) is 0 Å². The highest BCUT2D eigenvalue weighted by Gasteiger charge is 2.24. The fraction of sp³-hybridized carbons (Fsp3) is 0.389. The summed E-state index contributed by atoms with van der Waals surface area (Å²) < 4.78 is 28.9. The van der Waals surface area contributed by atoms with Gasteiger partial charge in [-0.2, -0.15) is 4.40 Å². The van der Waals surface area contributed by atoms with Crippen LogP contribution in [-0.2, 0) is 20.5 Å². The van der Waals surface area contributed by atoms with E-state index in [1.165, 1.54) is 0 Å². The van der Waals surface area contributed by atoms with Crippen molar-refractivity contribution in [3.63, 3.8) is 0 Å². The Labute approximate surface area is 163 Å². The van der Waals surface area contributed by atoms with E-state index >= 15 is 0 Å². The summed E-state index contributed by atoms with van der Waals surface area (Å²) in [6, 6.07) is 9.88. The minimum absolute atomic E-state index is 0.310. The zero-order valence-electron chi connectivity index (χ0n) is 14.3. The van der Waals surface area contributed by atoms with Gasteiger partial charge in [0, 0.05) is 21.0 Å². The maximum Gasteiger partial charge on any atom is 0.193 e. The number of benzene rings is 1. The molecule has 25 heavy (non-hydrogen) atoms. The van der Waals surface area contributed by atoms with E-state index in [-0.39, 0.29) is 6.29 Å².